The van der Waals surface area contributed by atoms with E-state index in [2.05, 4.69) is 15.2 Å². The van der Waals surface area contributed by atoms with Crippen molar-refractivity contribution < 1.29 is 9.59 Å². The molecule has 2 heterocycles. The number of rotatable bonds is 4. The van der Waals surface area contributed by atoms with E-state index < -0.39 is 0 Å². The average Bonchev–Trinajstić information content (AvgIpc) is 3.36. The molecule has 1 aliphatic heterocycles. The van der Waals surface area contributed by atoms with Crippen LogP contribution in [0.15, 0.2) is 42.6 Å². The molecule has 0 spiro atoms. The van der Waals surface area contributed by atoms with Gasteiger partial charge in [-0.25, -0.2) is 4.79 Å². The van der Waals surface area contributed by atoms with E-state index in [1.807, 2.05) is 42.6 Å². The molecule has 25 heavy (non-hydrogen) atoms. The molecule has 0 radical (unpaired) electrons. The minimum Gasteiger partial charge on any atom is -0.340 e. The van der Waals surface area contributed by atoms with Gasteiger partial charge in [0.15, 0.2) is 0 Å². The Morgan fingerprint density at radius 3 is 2.56 bits per heavy atom. The monoisotopic (exact) mass is 338 g/mol. The van der Waals surface area contributed by atoms with Gasteiger partial charge in [-0.05, 0) is 49.2 Å². The number of anilines is 2. The lowest BCUT2D eigenvalue weighted by molar-refractivity contribution is 0.101. The van der Waals surface area contributed by atoms with Gasteiger partial charge in [-0.15, -0.1) is 0 Å². The molecule has 2 aliphatic rings. The largest absolute Gasteiger partial charge is 0.340 e. The van der Waals surface area contributed by atoms with Gasteiger partial charge in [-0.1, -0.05) is 12.8 Å². The zero-order chi connectivity index (χ0) is 17.2. The summed E-state index contributed by atoms with van der Waals surface area (Å²) in [5, 5.41) is 5.74. The molecule has 3 amide bonds. The van der Waals surface area contributed by atoms with Crippen LogP contribution in [-0.4, -0.2) is 29.6 Å². The van der Waals surface area contributed by atoms with E-state index in [1.165, 1.54) is 12.8 Å². The molecule has 2 fully saturated rings. The molecule has 6 heteroatoms. The van der Waals surface area contributed by atoms with Gasteiger partial charge in [-0.3, -0.25) is 9.69 Å². The molecule has 1 aliphatic carbocycles. The molecule has 4 rings (SSSR count). The van der Waals surface area contributed by atoms with Crippen molar-refractivity contribution in [1.82, 2.24) is 9.88 Å². The molecular weight excluding hydrogens is 316 g/mol. The minimum atomic E-state index is -0.0939. The number of carbonyl (C=O) groups excluding carboxylic acids is 2. The van der Waals surface area contributed by atoms with Crippen molar-refractivity contribution in [2.75, 3.05) is 23.3 Å². The summed E-state index contributed by atoms with van der Waals surface area (Å²) in [5.41, 5.74) is 2.27. The molecule has 2 N–H and O–H groups in total. The average molecular weight is 338 g/mol. The van der Waals surface area contributed by atoms with Crippen LogP contribution in [0.3, 0.4) is 0 Å². The fourth-order valence-corrected chi connectivity index (χ4v) is 3.72. The van der Waals surface area contributed by atoms with Gasteiger partial charge in [0, 0.05) is 36.7 Å². The number of amides is 3. The number of benzene rings is 1. The highest BCUT2D eigenvalue weighted by molar-refractivity contribution is 6.03. The van der Waals surface area contributed by atoms with E-state index >= 15 is 0 Å². The summed E-state index contributed by atoms with van der Waals surface area (Å²) in [7, 11) is 0. The Balaban J connectivity index is 1.46. The molecule has 130 valence electrons. The maximum Gasteiger partial charge on any atom is 0.321 e. The fourth-order valence-electron chi connectivity index (χ4n) is 3.72. The van der Waals surface area contributed by atoms with Crippen LogP contribution in [0.2, 0.25) is 0 Å². The zero-order valence-corrected chi connectivity index (χ0v) is 14.1. The Kier molecular flexibility index (Phi) is 4.17. The van der Waals surface area contributed by atoms with Crippen LogP contribution in [0.4, 0.5) is 16.2 Å². The van der Waals surface area contributed by atoms with Crippen LogP contribution < -0.4 is 15.5 Å². The molecule has 0 atom stereocenters. The first-order chi connectivity index (χ1) is 12.2. The number of urea groups is 1. The second kappa shape index (κ2) is 6.63. The van der Waals surface area contributed by atoms with Gasteiger partial charge in [0.2, 0.25) is 0 Å². The zero-order valence-electron chi connectivity index (χ0n) is 14.1. The van der Waals surface area contributed by atoms with Gasteiger partial charge in [0.25, 0.3) is 5.91 Å². The summed E-state index contributed by atoms with van der Waals surface area (Å²) in [5.74, 6) is -0.0939. The smallest absolute Gasteiger partial charge is 0.321 e. The fraction of sp³-hybridized carbons (Fsp3) is 0.368. The Hall–Kier alpha value is -2.76. The van der Waals surface area contributed by atoms with Gasteiger partial charge < -0.3 is 15.2 Å². The molecule has 2 aromatic rings. The first kappa shape index (κ1) is 15.7. The lowest BCUT2D eigenvalue weighted by Gasteiger charge is -2.17. The lowest BCUT2D eigenvalue weighted by Crippen LogP contribution is -2.27. The quantitative estimate of drug-likeness (QED) is 0.897. The SMILES string of the molecule is O=C(Nc1ccc(N2CCNC2=O)cc1)c1cccn1C1CCCC1. The standard InChI is InChI=1S/C19H22N4O2/c24-18(17-6-3-12-22(17)15-4-1-2-5-15)21-14-7-9-16(10-8-14)23-13-11-20-19(23)25/h3,6-10,12,15H,1-2,4-5,11,13H2,(H,20,25)(H,21,24). The van der Waals surface area contributed by atoms with Crippen LogP contribution in [0.1, 0.15) is 42.2 Å². The number of nitrogens with zero attached hydrogens (tertiary/aromatic N) is 2. The van der Waals surface area contributed by atoms with E-state index in [-0.39, 0.29) is 11.9 Å². The molecule has 1 aromatic carbocycles. The van der Waals surface area contributed by atoms with E-state index in [0.29, 0.717) is 24.8 Å². The van der Waals surface area contributed by atoms with E-state index in [4.69, 9.17) is 0 Å². The minimum absolute atomic E-state index is 0.0776. The van der Waals surface area contributed by atoms with E-state index in [0.717, 1.165) is 24.2 Å². The summed E-state index contributed by atoms with van der Waals surface area (Å²) >= 11 is 0. The Bertz CT molecular complexity index is 775. The van der Waals surface area contributed by atoms with Crippen LogP contribution in [0.5, 0.6) is 0 Å². The normalized spacial score (nSPS) is 17.8. The predicted octanol–water partition coefficient (Wildman–Crippen LogP) is 3.39. The number of hydrogen-bond acceptors (Lipinski definition) is 2. The summed E-state index contributed by atoms with van der Waals surface area (Å²) in [6.45, 7) is 1.33. The van der Waals surface area contributed by atoms with Gasteiger partial charge in [0.1, 0.15) is 5.69 Å². The summed E-state index contributed by atoms with van der Waals surface area (Å²) in [4.78, 5) is 26.0. The van der Waals surface area contributed by atoms with Crippen molar-refractivity contribution in [3.8, 4) is 0 Å². The molecule has 1 aromatic heterocycles. The first-order valence-electron chi connectivity index (χ1n) is 8.86. The second-order valence-electron chi connectivity index (χ2n) is 6.62. The predicted molar refractivity (Wildman–Crippen MR) is 97.1 cm³/mol. The van der Waals surface area contributed by atoms with Crippen molar-refractivity contribution >= 4 is 23.3 Å². The summed E-state index contributed by atoms with van der Waals surface area (Å²) in [6, 6.07) is 11.5. The maximum absolute atomic E-state index is 12.6. The topological polar surface area (TPSA) is 66.4 Å². The Morgan fingerprint density at radius 1 is 1.12 bits per heavy atom. The molecular formula is C19H22N4O2. The van der Waals surface area contributed by atoms with E-state index in [1.54, 1.807) is 4.90 Å². The first-order valence-corrected chi connectivity index (χ1v) is 8.86. The van der Waals surface area contributed by atoms with Gasteiger partial charge in [-0.2, -0.15) is 0 Å². The van der Waals surface area contributed by atoms with Crippen LogP contribution in [0, 0.1) is 0 Å². The molecule has 0 unspecified atom stereocenters. The third kappa shape index (κ3) is 3.12. The molecule has 1 saturated carbocycles. The third-order valence-electron chi connectivity index (χ3n) is 5.02. The van der Waals surface area contributed by atoms with Crippen LogP contribution in [0.25, 0.3) is 0 Å². The second-order valence-corrected chi connectivity index (χ2v) is 6.62. The van der Waals surface area contributed by atoms with Gasteiger partial charge in [0.05, 0.1) is 0 Å². The Labute approximate surface area is 146 Å². The molecule has 0 bridgehead atoms. The highest BCUT2D eigenvalue weighted by Crippen LogP contribution is 2.31. The molecule has 6 nitrogen and oxygen atoms in total. The summed E-state index contributed by atoms with van der Waals surface area (Å²) in [6.07, 6.45) is 6.74. The highest BCUT2D eigenvalue weighted by atomic mass is 16.2. The van der Waals surface area contributed by atoms with Crippen LogP contribution >= 0.6 is 0 Å². The van der Waals surface area contributed by atoms with Crippen molar-refractivity contribution in [3.05, 3.63) is 48.3 Å². The Morgan fingerprint density at radius 2 is 1.88 bits per heavy atom. The summed E-state index contributed by atoms with van der Waals surface area (Å²) < 4.78 is 2.10. The maximum atomic E-state index is 12.6. The highest BCUT2D eigenvalue weighted by Gasteiger charge is 2.22. The third-order valence-corrected chi connectivity index (χ3v) is 5.02. The number of hydrogen-bond donors (Lipinski definition) is 2. The van der Waals surface area contributed by atoms with Crippen molar-refractivity contribution in [1.29, 1.82) is 0 Å². The lowest BCUT2D eigenvalue weighted by atomic mass is 10.2. The van der Waals surface area contributed by atoms with Gasteiger partial charge >= 0.3 is 6.03 Å². The number of aromatic nitrogens is 1. The van der Waals surface area contributed by atoms with Crippen molar-refractivity contribution in [2.24, 2.45) is 0 Å². The van der Waals surface area contributed by atoms with Crippen molar-refractivity contribution in [3.63, 3.8) is 0 Å². The van der Waals surface area contributed by atoms with Crippen LogP contribution in [-0.2, 0) is 0 Å². The number of carbonyl (C=O) groups is 2. The van der Waals surface area contributed by atoms with Crippen molar-refractivity contribution in [2.45, 2.75) is 31.7 Å². The number of nitrogens with one attached hydrogen (secondary N) is 2. The van der Waals surface area contributed by atoms with E-state index in [9.17, 15) is 9.59 Å². The molecule has 1 saturated heterocycles.